The van der Waals surface area contributed by atoms with Gasteiger partial charge in [-0.2, -0.15) is 0 Å². The van der Waals surface area contributed by atoms with E-state index in [0.717, 1.165) is 27.5 Å². The molecule has 1 N–H and O–H groups in total. The van der Waals surface area contributed by atoms with E-state index in [0.29, 0.717) is 10.9 Å². The number of thioether (sulfide) groups is 1. The lowest BCUT2D eigenvalue weighted by atomic mass is 10.3. The number of para-hydroxylation sites is 1. The largest absolute Gasteiger partial charge is 0.329 e. The zero-order valence-electron chi connectivity index (χ0n) is 12.4. The molecule has 1 atom stereocenters. The minimum atomic E-state index is -0.0487. The zero-order chi connectivity index (χ0) is 15.7. The normalized spacial score (nSPS) is 17.6. The number of anilines is 1. The summed E-state index contributed by atoms with van der Waals surface area (Å²) in [6, 6.07) is 9.66. The van der Waals surface area contributed by atoms with Gasteiger partial charge in [0.05, 0.1) is 17.9 Å². The molecule has 1 aliphatic rings. The second kappa shape index (κ2) is 6.49. The fourth-order valence-corrected chi connectivity index (χ4v) is 4.04. The van der Waals surface area contributed by atoms with Gasteiger partial charge in [-0.15, -0.1) is 0 Å². The molecule has 0 saturated heterocycles. The number of nitrogens with one attached hydrogen (secondary N) is 1. The van der Waals surface area contributed by atoms with E-state index in [1.165, 1.54) is 0 Å². The first kappa shape index (κ1) is 15.7. The number of alkyl halides is 1. The first-order chi connectivity index (χ1) is 10.6. The highest BCUT2D eigenvalue weighted by Gasteiger charge is 2.22. The first-order valence-corrected chi connectivity index (χ1v) is 9.40. The van der Waals surface area contributed by atoms with Crippen molar-refractivity contribution in [3.63, 3.8) is 0 Å². The van der Waals surface area contributed by atoms with Gasteiger partial charge >= 0.3 is 0 Å². The quantitative estimate of drug-likeness (QED) is 0.605. The average molecular weight is 428 g/mol. The Morgan fingerprint density at radius 1 is 1.41 bits per heavy atom. The molecule has 2 aromatic rings. The van der Waals surface area contributed by atoms with Crippen LogP contribution in [0.3, 0.4) is 0 Å². The number of hydrogen-bond donors (Lipinski definition) is 1. The van der Waals surface area contributed by atoms with Crippen LogP contribution in [0.4, 0.5) is 5.69 Å². The summed E-state index contributed by atoms with van der Waals surface area (Å²) < 4.78 is 4.60. The van der Waals surface area contributed by atoms with E-state index < -0.39 is 0 Å². The van der Waals surface area contributed by atoms with Crippen LogP contribution >= 0.6 is 34.4 Å². The van der Waals surface area contributed by atoms with Crippen molar-refractivity contribution in [2.75, 3.05) is 16.3 Å². The lowest BCUT2D eigenvalue weighted by Gasteiger charge is -2.07. The molecule has 22 heavy (non-hydrogen) atoms. The third-order valence-electron chi connectivity index (χ3n) is 3.68. The number of nitrogens with zero attached hydrogens (tertiary/aromatic N) is 3. The van der Waals surface area contributed by atoms with Crippen LogP contribution in [-0.2, 0) is 7.05 Å². The Hall–Kier alpha value is -1.22. The van der Waals surface area contributed by atoms with Crippen molar-refractivity contribution < 1.29 is 0 Å². The highest BCUT2D eigenvalue weighted by atomic mass is 127. The predicted octanol–water partition coefficient (Wildman–Crippen LogP) is 2.80. The minimum Gasteiger partial charge on any atom is -0.329 e. The van der Waals surface area contributed by atoms with E-state index in [2.05, 4.69) is 32.9 Å². The Morgan fingerprint density at radius 2 is 2.14 bits per heavy atom. The van der Waals surface area contributed by atoms with Gasteiger partial charge in [-0.25, -0.2) is 4.68 Å². The van der Waals surface area contributed by atoms with E-state index in [1.807, 2.05) is 49.0 Å². The number of rotatable bonds is 3. The summed E-state index contributed by atoms with van der Waals surface area (Å²) in [5.74, 6) is 0. The summed E-state index contributed by atoms with van der Waals surface area (Å²) in [6.45, 7) is 2.76. The summed E-state index contributed by atoms with van der Waals surface area (Å²) in [5.41, 5.74) is 2.31. The van der Waals surface area contributed by atoms with E-state index in [9.17, 15) is 4.79 Å². The van der Waals surface area contributed by atoms with Gasteiger partial charge < -0.3 is 5.32 Å². The summed E-state index contributed by atoms with van der Waals surface area (Å²) in [6.07, 6.45) is 0. The zero-order valence-corrected chi connectivity index (χ0v) is 15.4. The molecule has 3 rings (SSSR count). The number of aromatic nitrogens is 2. The van der Waals surface area contributed by atoms with Crippen molar-refractivity contribution in [2.24, 2.45) is 12.0 Å². The van der Waals surface area contributed by atoms with Gasteiger partial charge in [-0.05, 0) is 19.1 Å². The van der Waals surface area contributed by atoms with E-state index in [4.69, 9.17) is 0 Å². The second-order valence-corrected chi connectivity index (χ2v) is 7.27. The predicted molar refractivity (Wildman–Crippen MR) is 102 cm³/mol. The maximum absolute atomic E-state index is 12.8. The number of benzene rings is 1. The van der Waals surface area contributed by atoms with Crippen molar-refractivity contribution in [3.05, 3.63) is 46.4 Å². The van der Waals surface area contributed by atoms with Crippen molar-refractivity contribution in [3.8, 4) is 5.69 Å². The van der Waals surface area contributed by atoms with Crippen LogP contribution in [0.15, 0.2) is 40.1 Å². The van der Waals surface area contributed by atoms with Gasteiger partial charge in [0, 0.05) is 16.7 Å². The van der Waals surface area contributed by atoms with E-state index >= 15 is 0 Å². The van der Waals surface area contributed by atoms with Gasteiger partial charge in [0.2, 0.25) is 0 Å². The molecule has 1 aromatic heterocycles. The molecule has 116 valence electrons. The molecule has 5 nitrogen and oxygen atoms in total. The Balaban J connectivity index is 1.96. The van der Waals surface area contributed by atoms with Gasteiger partial charge in [-0.3, -0.25) is 14.5 Å². The summed E-state index contributed by atoms with van der Waals surface area (Å²) in [7, 11) is 1.89. The summed E-state index contributed by atoms with van der Waals surface area (Å²) in [4.78, 5) is 17.2. The average Bonchev–Trinajstić information content (AvgIpc) is 3.07. The Labute approximate surface area is 146 Å². The molecular weight excluding hydrogens is 411 g/mol. The van der Waals surface area contributed by atoms with Gasteiger partial charge in [-0.1, -0.05) is 52.6 Å². The monoisotopic (exact) mass is 428 g/mol. The summed E-state index contributed by atoms with van der Waals surface area (Å²) >= 11 is 4.08. The highest BCUT2D eigenvalue weighted by Crippen LogP contribution is 2.24. The SMILES string of the molecule is Cc1c(NC2=NC[C@H](CI)S2)c(=O)n(-c2ccccc2)n1C. The molecule has 2 heterocycles. The topological polar surface area (TPSA) is 51.3 Å². The second-order valence-electron chi connectivity index (χ2n) is 5.10. The molecule has 0 radical (unpaired) electrons. The molecule has 0 bridgehead atoms. The first-order valence-electron chi connectivity index (χ1n) is 7.00. The van der Waals surface area contributed by atoms with Crippen LogP contribution in [0.5, 0.6) is 0 Å². The van der Waals surface area contributed by atoms with Gasteiger partial charge in [0.25, 0.3) is 5.56 Å². The standard InChI is InChI=1S/C15H17IN4OS/c1-10-13(18-15-17-9-12(8-16)22-15)14(21)20(19(10)2)11-6-4-3-5-7-11/h3-7,12H,8-9H2,1-2H3,(H,17,18)/t12-/m0/s1. The maximum Gasteiger partial charge on any atom is 0.295 e. The Morgan fingerprint density at radius 3 is 2.77 bits per heavy atom. The third-order valence-corrected chi connectivity index (χ3v) is 6.44. The molecule has 1 aliphatic heterocycles. The van der Waals surface area contributed by atoms with E-state index in [1.54, 1.807) is 16.4 Å². The van der Waals surface area contributed by atoms with Crippen LogP contribution in [0, 0.1) is 6.92 Å². The number of halogens is 1. The van der Waals surface area contributed by atoms with Crippen LogP contribution < -0.4 is 10.9 Å². The minimum absolute atomic E-state index is 0.0487. The molecule has 0 unspecified atom stereocenters. The van der Waals surface area contributed by atoms with Crippen LogP contribution in [0.2, 0.25) is 0 Å². The number of aliphatic imine (C=N–C) groups is 1. The highest BCUT2D eigenvalue weighted by molar-refractivity contribution is 14.1. The van der Waals surface area contributed by atoms with Crippen molar-refractivity contribution >= 4 is 45.2 Å². The lowest BCUT2D eigenvalue weighted by molar-refractivity contribution is 0.630. The Kier molecular flexibility index (Phi) is 4.62. The Bertz CT molecular complexity index is 766. The number of hydrogen-bond acceptors (Lipinski definition) is 4. The smallest absolute Gasteiger partial charge is 0.295 e. The van der Waals surface area contributed by atoms with Crippen molar-refractivity contribution in [1.29, 1.82) is 0 Å². The van der Waals surface area contributed by atoms with Gasteiger partial charge in [0.1, 0.15) is 5.69 Å². The fraction of sp³-hybridized carbons (Fsp3) is 0.333. The van der Waals surface area contributed by atoms with Crippen molar-refractivity contribution in [2.45, 2.75) is 12.2 Å². The number of amidine groups is 1. The van der Waals surface area contributed by atoms with Crippen LogP contribution in [0.1, 0.15) is 5.69 Å². The fourth-order valence-electron chi connectivity index (χ4n) is 2.39. The molecule has 1 aromatic carbocycles. The van der Waals surface area contributed by atoms with Crippen molar-refractivity contribution in [1.82, 2.24) is 9.36 Å². The third kappa shape index (κ3) is 2.83. The molecule has 0 spiro atoms. The van der Waals surface area contributed by atoms with E-state index in [-0.39, 0.29) is 5.56 Å². The lowest BCUT2D eigenvalue weighted by Crippen LogP contribution is -2.22. The summed E-state index contributed by atoms with van der Waals surface area (Å²) in [5, 5.41) is 4.57. The molecule has 0 fully saturated rings. The molecule has 0 amide bonds. The van der Waals surface area contributed by atoms with Crippen LogP contribution in [0.25, 0.3) is 5.69 Å². The van der Waals surface area contributed by atoms with Crippen LogP contribution in [-0.4, -0.2) is 30.8 Å². The maximum atomic E-state index is 12.8. The molecular formula is C15H17IN4OS. The molecule has 0 aliphatic carbocycles. The molecule has 0 saturated carbocycles. The molecule has 7 heteroatoms. The van der Waals surface area contributed by atoms with Gasteiger partial charge in [0.15, 0.2) is 5.17 Å².